The minimum Gasteiger partial charge on any atom is -0.354 e. The van der Waals surface area contributed by atoms with Crippen molar-refractivity contribution in [3.8, 4) is 0 Å². The van der Waals surface area contributed by atoms with Gasteiger partial charge in [-0.05, 0) is 36.8 Å². The molecule has 1 N–H and O–H groups in total. The summed E-state index contributed by atoms with van der Waals surface area (Å²) in [5.41, 5.74) is 1.09. The predicted octanol–water partition coefficient (Wildman–Crippen LogP) is 3.17. The Morgan fingerprint density at radius 1 is 1.15 bits per heavy atom. The number of hydrogen-bond acceptors (Lipinski definition) is 4. The minimum absolute atomic E-state index is 0.0818. The van der Waals surface area contributed by atoms with Gasteiger partial charge in [0.1, 0.15) is 5.82 Å². The SMILES string of the molecule is Cc1cccc(NC(=O)CN2CCN(c3ccc(C(F)(F)F)cn3)CC2)c1. The number of hydrogen-bond donors (Lipinski definition) is 1. The summed E-state index contributed by atoms with van der Waals surface area (Å²) in [4.78, 5) is 20.1. The first-order valence-corrected chi connectivity index (χ1v) is 8.68. The smallest absolute Gasteiger partial charge is 0.354 e. The second-order valence-corrected chi connectivity index (χ2v) is 6.58. The number of pyridine rings is 1. The molecule has 0 aliphatic carbocycles. The molecule has 2 aromatic rings. The molecule has 5 nitrogen and oxygen atoms in total. The normalized spacial score (nSPS) is 15.6. The highest BCUT2D eigenvalue weighted by Crippen LogP contribution is 2.29. The van der Waals surface area contributed by atoms with E-state index in [-0.39, 0.29) is 12.5 Å². The molecule has 0 radical (unpaired) electrons. The highest BCUT2D eigenvalue weighted by molar-refractivity contribution is 5.92. The zero-order valence-electron chi connectivity index (χ0n) is 15.0. The minimum atomic E-state index is -4.38. The third kappa shape index (κ3) is 5.19. The van der Waals surface area contributed by atoms with Gasteiger partial charge in [-0.15, -0.1) is 0 Å². The molecule has 1 saturated heterocycles. The van der Waals surface area contributed by atoms with Crippen molar-refractivity contribution >= 4 is 17.4 Å². The summed E-state index contributed by atoms with van der Waals surface area (Å²) in [6, 6.07) is 10.0. The summed E-state index contributed by atoms with van der Waals surface area (Å²) < 4.78 is 37.8. The van der Waals surface area contributed by atoms with Crippen LogP contribution in [0.25, 0.3) is 0 Å². The maximum absolute atomic E-state index is 12.6. The number of alkyl halides is 3. The zero-order chi connectivity index (χ0) is 19.4. The van der Waals surface area contributed by atoms with E-state index in [1.165, 1.54) is 6.07 Å². The fraction of sp³-hybridized carbons (Fsp3) is 0.368. The van der Waals surface area contributed by atoms with Crippen LogP contribution in [0, 0.1) is 6.92 Å². The Bertz CT molecular complexity index is 784. The van der Waals surface area contributed by atoms with Gasteiger partial charge >= 0.3 is 6.18 Å². The summed E-state index contributed by atoms with van der Waals surface area (Å²) in [6.45, 7) is 4.74. The lowest BCUT2D eigenvalue weighted by Gasteiger charge is -2.35. The largest absolute Gasteiger partial charge is 0.417 e. The molecule has 144 valence electrons. The molecule has 1 aliphatic heterocycles. The van der Waals surface area contributed by atoms with E-state index < -0.39 is 11.7 Å². The Balaban J connectivity index is 1.49. The number of aryl methyl sites for hydroxylation is 1. The number of rotatable bonds is 4. The lowest BCUT2D eigenvalue weighted by atomic mass is 10.2. The molecule has 3 rings (SSSR count). The van der Waals surface area contributed by atoms with E-state index in [1.54, 1.807) is 0 Å². The third-order valence-electron chi connectivity index (χ3n) is 4.44. The van der Waals surface area contributed by atoms with Crippen LogP contribution in [0.1, 0.15) is 11.1 Å². The number of amides is 1. The number of anilines is 2. The fourth-order valence-electron chi connectivity index (χ4n) is 3.00. The number of halogens is 3. The van der Waals surface area contributed by atoms with Crippen LogP contribution in [0.4, 0.5) is 24.7 Å². The van der Waals surface area contributed by atoms with Gasteiger partial charge in [-0.2, -0.15) is 13.2 Å². The predicted molar refractivity (Wildman–Crippen MR) is 97.7 cm³/mol. The monoisotopic (exact) mass is 378 g/mol. The standard InChI is InChI=1S/C19H21F3N4O/c1-14-3-2-4-16(11-14)24-18(27)13-25-7-9-26(10-8-25)17-6-5-15(12-23-17)19(20,21)22/h2-6,11-12H,7-10,13H2,1H3,(H,24,27). The number of carbonyl (C=O) groups excluding carboxylic acids is 1. The number of piperazine rings is 1. The Labute approximate surface area is 155 Å². The fourth-order valence-corrected chi connectivity index (χ4v) is 3.00. The van der Waals surface area contributed by atoms with E-state index in [1.807, 2.05) is 41.0 Å². The van der Waals surface area contributed by atoms with Crippen LogP contribution >= 0.6 is 0 Å². The second kappa shape index (κ2) is 7.96. The second-order valence-electron chi connectivity index (χ2n) is 6.58. The summed E-state index contributed by atoms with van der Waals surface area (Å²) in [7, 11) is 0. The van der Waals surface area contributed by atoms with Crippen LogP contribution in [-0.4, -0.2) is 48.5 Å². The van der Waals surface area contributed by atoms with Gasteiger partial charge in [0.25, 0.3) is 0 Å². The summed E-state index contributed by atoms with van der Waals surface area (Å²) in [5.74, 6) is 0.438. The Morgan fingerprint density at radius 3 is 2.48 bits per heavy atom. The maximum Gasteiger partial charge on any atom is 0.417 e. The van der Waals surface area contributed by atoms with Gasteiger partial charge in [-0.25, -0.2) is 4.98 Å². The molecule has 1 aromatic carbocycles. The molecule has 0 unspecified atom stereocenters. The number of nitrogens with zero attached hydrogens (tertiary/aromatic N) is 3. The van der Waals surface area contributed by atoms with Crippen LogP contribution < -0.4 is 10.2 Å². The average Bonchev–Trinajstić information content (AvgIpc) is 2.62. The molecule has 0 saturated carbocycles. The van der Waals surface area contributed by atoms with Gasteiger partial charge in [0, 0.05) is 38.1 Å². The van der Waals surface area contributed by atoms with Crippen molar-refractivity contribution in [2.24, 2.45) is 0 Å². The molecule has 1 amide bonds. The van der Waals surface area contributed by atoms with Gasteiger partial charge in [-0.3, -0.25) is 9.69 Å². The Hall–Kier alpha value is -2.61. The average molecular weight is 378 g/mol. The molecule has 2 heterocycles. The van der Waals surface area contributed by atoms with Crippen molar-refractivity contribution in [3.63, 3.8) is 0 Å². The van der Waals surface area contributed by atoms with Crippen molar-refractivity contribution < 1.29 is 18.0 Å². The molecule has 1 fully saturated rings. The molecule has 0 spiro atoms. The lowest BCUT2D eigenvalue weighted by molar-refractivity contribution is -0.137. The van der Waals surface area contributed by atoms with E-state index in [2.05, 4.69) is 10.3 Å². The number of benzene rings is 1. The summed E-state index contributed by atoms with van der Waals surface area (Å²) in [6.07, 6.45) is -3.52. The van der Waals surface area contributed by atoms with Gasteiger partial charge in [-0.1, -0.05) is 12.1 Å². The maximum atomic E-state index is 12.6. The molecule has 8 heteroatoms. The molecule has 0 bridgehead atoms. The van der Waals surface area contributed by atoms with Crippen LogP contribution in [0.5, 0.6) is 0 Å². The molecular weight excluding hydrogens is 357 g/mol. The highest BCUT2D eigenvalue weighted by Gasteiger charge is 2.31. The topological polar surface area (TPSA) is 48.5 Å². The van der Waals surface area contributed by atoms with Gasteiger partial charge in [0.2, 0.25) is 5.91 Å². The highest BCUT2D eigenvalue weighted by atomic mass is 19.4. The van der Waals surface area contributed by atoms with Gasteiger partial charge in [0.05, 0.1) is 12.1 Å². The first kappa shape index (κ1) is 19.2. The van der Waals surface area contributed by atoms with Gasteiger partial charge < -0.3 is 10.2 Å². The molecule has 1 aliphatic rings. The van der Waals surface area contributed by atoms with Crippen molar-refractivity contribution in [1.29, 1.82) is 0 Å². The zero-order valence-corrected chi connectivity index (χ0v) is 15.0. The van der Waals surface area contributed by atoms with Crippen LogP contribution in [-0.2, 0) is 11.0 Å². The van der Waals surface area contributed by atoms with E-state index in [0.29, 0.717) is 32.0 Å². The Kier molecular flexibility index (Phi) is 5.65. The number of carbonyl (C=O) groups is 1. The molecule has 1 aromatic heterocycles. The summed E-state index contributed by atoms with van der Waals surface area (Å²) >= 11 is 0. The lowest BCUT2D eigenvalue weighted by Crippen LogP contribution is -2.48. The van der Waals surface area contributed by atoms with Crippen LogP contribution in [0.15, 0.2) is 42.6 Å². The van der Waals surface area contributed by atoms with Crippen molar-refractivity contribution in [1.82, 2.24) is 9.88 Å². The third-order valence-corrected chi connectivity index (χ3v) is 4.44. The molecule has 0 atom stereocenters. The molecule has 27 heavy (non-hydrogen) atoms. The van der Waals surface area contributed by atoms with E-state index in [9.17, 15) is 18.0 Å². The van der Waals surface area contributed by atoms with Gasteiger partial charge in [0.15, 0.2) is 0 Å². The van der Waals surface area contributed by atoms with Crippen LogP contribution in [0.3, 0.4) is 0 Å². The van der Waals surface area contributed by atoms with Crippen molar-refractivity contribution in [2.75, 3.05) is 42.9 Å². The van der Waals surface area contributed by atoms with Crippen LogP contribution in [0.2, 0.25) is 0 Å². The number of aromatic nitrogens is 1. The van der Waals surface area contributed by atoms with E-state index >= 15 is 0 Å². The number of nitrogens with one attached hydrogen (secondary N) is 1. The van der Waals surface area contributed by atoms with Crippen molar-refractivity contribution in [3.05, 3.63) is 53.7 Å². The molecular formula is C19H21F3N4O. The Morgan fingerprint density at radius 2 is 1.89 bits per heavy atom. The van der Waals surface area contributed by atoms with E-state index in [4.69, 9.17) is 0 Å². The van der Waals surface area contributed by atoms with Crippen molar-refractivity contribution in [2.45, 2.75) is 13.1 Å². The summed E-state index contributed by atoms with van der Waals surface area (Å²) in [5, 5.41) is 2.88. The van der Waals surface area contributed by atoms with E-state index in [0.717, 1.165) is 23.5 Å². The first-order valence-electron chi connectivity index (χ1n) is 8.68. The quantitative estimate of drug-likeness (QED) is 0.888. The first-order chi connectivity index (χ1) is 12.8.